The Morgan fingerprint density at radius 1 is 1.05 bits per heavy atom. The average Bonchev–Trinajstić information content (AvgIpc) is 2.27. The molecular formula is C17H28ClP. The molecule has 0 fully saturated rings. The Bertz CT molecular complexity index is 410. The summed E-state index contributed by atoms with van der Waals surface area (Å²) in [4.78, 5) is 0. The molecule has 0 amide bonds. The van der Waals surface area contributed by atoms with Crippen LogP contribution in [0.1, 0.15) is 54.0 Å². The fourth-order valence-corrected chi connectivity index (χ4v) is 10.2. The van der Waals surface area contributed by atoms with E-state index in [1.807, 2.05) is 5.62 Å². The largest absolute Gasteiger partial charge is 0.304 e. The van der Waals surface area contributed by atoms with Gasteiger partial charge in [0.15, 0.2) is 0 Å². The monoisotopic (exact) mass is 298 g/mol. The van der Waals surface area contributed by atoms with Gasteiger partial charge in [0, 0.05) is 0 Å². The van der Waals surface area contributed by atoms with Gasteiger partial charge in [-0.25, -0.2) is 0 Å². The van der Waals surface area contributed by atoms with Gasteiger partial charge in [0.25, 0.3) is 0 Å². The lowest BCUT2D eigenvalue weighted by molar-refractivity contribution is 0.701. The molecule has 0 heterocycles. The van der Waals surface area contributed by atoms with Crippen LogP contribution < -0.4 is 5.30 Å². The second-order valence-electron chi connectivity index (χ2n) is 7.19. The number of hydrogen-bond acceptors (Lipinski definition) is 0. The van der Waals surface area contributed by atoms with Gasteiger partial charge >= 0.3 is 0 Å². The van der Waals surface area contributed by atoms with E-state index in [-0.39, 0.29) is 10.3 Å². The van der Waals surface area contributed by atoms with E-state index in [0.717, 1.165) is 6.42 Å². The zero-order valence-corrected chi connectivity index (χ0v) is 15.1. The maximum Gasteiger partial charge on any atom is 0.0672 e. The Balaban J connectivity index is 3.55. The molecule has 19 heavy (non-hydrogen) atoms. The van der Waals surface area contributed by atoms with Crippen LogP contribution in [0.4, 0.5) is 0 Å². The second kappa shape index (κ2) is 5.74. The summed E-state index contributed by atoms with van der Waals surface area (Å²) in [5, 5.41) is 1.76. The Kier molecular flexibility index (Phi) is 5.14. The van der Waals surface area contributed by atoms with Crippen molar-refractivity contribution in [2.45, 2.75) is 65.2 Å². The predicted octanol–water partition coefficient (Wildman–Crippen LogP) is 5.85. The first-order chi connectivity index (χ1) is 8.60. The molecular weight excluding hydrogens is 271 g/mol. The molecule has 0 aliphatic carbocycles. The third-order valence-corrected chi connectivity index (χ3v) is 10.5. The summed E-state index contributed by atoms with van der Waals surface area (Å²) >= 11 is 6.45. The van der Waals surface area contributed by atoms with Crippen LogP contribution in [-0.4, -0.2) is 10.3 Å². The van der Waals surface area contributed by atoms with Gasteiger partial charge in [0.05, 0.1) is 15.6 Å². The summed E-state index contributed by atoms with van der Waals surface area (Å²) in [6.07, 6.45) is 1.07. The van der Waals surface area contributed by atoms with Crippen LogP contribution in [0.25, 0.3) is 0 Å². The SMILES string of the molecule is CCc1cccc([P+]([CH-]Cl)(C(C)(C)C)C(C)(C)C)c1. The lowest BCUT2D eigenvalue weighted by Crippen LogP contribution is -2.39. The van der Waals surface area contributed by atoms with E-state index in [9.17, 15) is 0 Å². The van der Waals surface area contributed by atoms with Gasteiger partial charge in [-0.2, -0.15) is 0 Å². The van der Waals surface area contributed by atoms with Crippen LogP contribution in [-0.2, 0) is 6.42 Å². The van der Waals surface area contributed by atoms with Crippen molar-refractivity contribution < 1.29 is 0 Å². The highest BCUT2D eigenvalue weighted by atomic mass is 35.5. The second-order valence-corrected chi connectivity index (χ2v) is 12.6. The summed E-state index contributed by atoms with van der Waals surface area (Å²) in [6, 6.07) is 9.02. The van der Waals surface area contributed by atoms with E-state index in [0.29, 0.717) is 0 Å². The molecule has 0 saturated heterocycles. The zero-order valence-electron chi connectivity index (χ0n) is 13.4. The number of benzene rings is 1. The van der Waals surface area contributed by atoms with E-state index in [1.54, 1.807) is 0 Å². The summed E-state index contributed by atoms with van der Waals surface area (Å²) in [6.45, 7) is 16.1. The maximum absolute atomic E-state index is 6.45. The van der Waals surface area contributed by atoms with E-state index in [2.05, 4.69) is 72.7 Å². The molecule has 0 aliphatic heterocycles. The number of rotatable bonds is 3. The first kappa shape index (κ1) is 17.0. The van der Waals surface area contributed by atoms with Gasteiger partial charge in [-0.1, -0.05) is 31.9 Å². The van der Waals surface area contributed by atoms with E-state index < -0.39 is 7.26 Å². The highest BCUT2D eigenvalue weighted by Gasteiger charge is 2.52. The van der Waals surface area contributed by atoms with Crippen LogP contribution in [0, 0.1) is 5.62 Å². The van der Waals surface area contributed by atoms with Crippen molar-refractivity contribution >= 4 is 24.2 Å². The van der Waals surface area contributed by atoms with Crippen molar-refractivity contribution in [3.8, 4) is 0 Å². The lowest BCUT2D eigenvalue weighted by atomic mass is 10.2. The predicted molar refractivity (Wildman–Crippen MR) is 92.0 cm³/mol. The summed E-state index contributed by atoms with van der Waals surface area (Å²) in [5.41, 5.74) is 3.40. The Morgan fingerprint density at radius 2 is 1.58 bits per heavy atom. The lowest BCUT2D eigenvalue weighted by Gasteiger charge is -2.52. The van der Waals surface area contributed by atoms with Crippen LogP contribution in [0.5, 0.6) is 0 Å². The summed E-state index contributed by atoms with van der Waals surface area (Å²) in [7, 11) is -1.60. The van der Waals surface area contributed by atoms with Crippen molar-refractivity contribution in [2.75, 3.05) is 0 Å². The van der Waals surface area contributed by atoms with E-state index >= 15 is 0 Å². The van der Waals surface area contributed by atoms with Gasteiger partial charge in [-0.3, -0.25) is 0 Å². The average molecular weight is 299 g/mol. The Morgan fingerprint density at radius 3 is 1.95 bits per heavy atom. The standard InChI is InChI=1S/C17H28ClP/c1-8-14-10-9-11-15(12-14)19(13-18,16(2,3)4)17(5,6)7/h9-13H,8H2,1-7H3. The van der Waals surface area contributed by atoms with E-state index in [4.69, 9.17) is 11.6 Å². The molecule has 0 atom stereocenters. The molecule has 0 nitrogen and oxygen atoms in total. The molecule has 1 aromatic rings. The van der Waals surface area contributed by atoms with Gasteiger partial charge in [0.2, 0.25) is 0 Å². The Labute approximate surface area is 125 Å². The van der Waals surface area contributed by atoms with Gasteiger partial charge in [0.1, 0.15) is 0 Å². The molecule has 0 aromatic heterocycles. The van der Waals surface area contributed by atoms with Crippen LogP contribution in [0.3, 0.4) is 0 Å². The molecule has 0 saturated carbocycles. The molecule has 0 spiro atoms. The van der Waals surface area contributed by atoms with Crippen LogP contribution in [0.2, 0.25) is 0 Å². The van der Waals surface area contributed by atoms with Crippen molar-refractivity contribution in [3.05, 3.63) is 35.5 Å². The molecule has 0 radical (unpaired) electrons. The molecule has 1 aromatic carbocycles. The van der Waals surface area contributed by atoms with Crippen LogP contribution in [0.15, 0.2) is 24.3 Å². The molecule has 0 bridgehead atoms. The maximum atomic E-state index is 6.45. The molecule has 0 N–H and O–H groups in total. The molecule has 0 unspecified atom stereocenters. The first-order valence-electron chi connectivity index (χ1n) is 7.03. The van der Waals surface area contributed by atoms with Crippen molar-refractivity contribution in [1.82, 2.24) is 0 Å². The fourth-order valence-electron chi connectivity index (χ4n) is 3.13. The van der Waals surface area contributed by atoms with Gasteiger partial charge in [-0.05, 0) is 65.7 Å². The third kappa shape index (κ3) is 3.01. The van der Waals surface area contributed by atoms with Crippen molar-refractivity contribution in [1.29, 1.82) is 0 Å². The van der Waals surface area contributed by atoms with Crippen molar-refractivity contribution in [3.63, 3.8) is 0 Å². The number of halogens is 1. The molecule has 2 heteroatoms. The summed E-state index contributed by atoms with van der Waals surface area (Å²) < 4.78 is 0. The highest BCUT2D eigenvalue weighted by molar-refractivity contribution is 7.88. The minimum atomic E-state index is -1.60. The number of aryl methyl sites for hydroxylation is 1. The zero-order chi connectivity index (χ0) is 14.9. The smallest absolute Gasteiger partial charge is 0.0672 e. The minimum Gasteiger partial charge on any atom is -0.304 e. The third-order valence-electron chi connectivity index (χ3n) is 3.99. The van der Waals surface area contributed by atoms with Crippen molar-refractivity contribution in [2.24, 2.45) is 0 Å². The van der Waals surface area contributed by atoms with Gasteiger partial charge in [-0.15, -0.1) is 0 Å². The summed E-state index contributed by atoms with van der Waals surface area (Å²) in [5.74, 6) is 0. The van der Waals surface area contributed by atoms with Gasteiger partial charge < -0.3 is 11.6 Å². The fraction of sp³-hybridized carbons (Fsp3) is 0.588. The highest BCUT2D eigenvalue weighted by Crippen LogP contribution is 2.78. The van der Waals surface area contributed by atoms with E-state index in [1.165, 1.54) is 10.9 Å². The molecule has 1 rings (SSSR count). The number of hydrogen-bond donors (Lipinski definition) is 0. The normalized spacial score (nSPS) is 13.7. The minimum absolute atomic E-state index is 0.166. The Hall–Kier alpha value is -0.0600. The molecule has 108 valence electrons. The molecule has 0 aliphatic rings. The first-order valence-corrected chi connectivity index (χ1v) is 9.32. The van der Waals surface area contributed by atoms with Crippen LogP contribution >= 0.6 is 18.9 Å². The quantitative estimate of drug-likeness (QED) is 0.485. The topological polar surface area (TPSA) is 0 Å².